The molecule has 2 N–H and O–H groups in total. The summed E-state index contributed by atoms with van der Waals surface area (Å²) in [6.07, 6.45) is 2.69. The summed E-state index contributed by atoms with van der Waals surface area (Å²) in [7, 11) is 1.71. The van der Waals surface area contributed by atoms with Gasteiger partial charge in [0.25, 0.3) is 0 Å². The van der Waals surface area contributed by atoms with Crippen molar-refractivity contribution >= 4 is 23.6 Å². The van der Waals surface area contributed by atoms with Gasteiger partial charge in [0.1, 0.15) is 0 Å². The summed E-state index contributed by atoms with van der Waals surface area (Å²) < 4.78 is 0. The van der Waals surface area contributed by atoms with Crippen LogP contribution in [-0.4, -0.2) is 43.4 Å². The zero-order valence-corrected chi connectivity index (χ0v) is 18.8. The Labute approximate surface area is 184 Å². The van der Waals surface area contributed by atoms with E-state index in [9.17, 15) is 4.79 Å². The summed E-state index contributed by atoms with van der Waals surface area (Å²) in [6, 6.07) is 19.1. The first-order chi connectivity index (χ1) is 14.7. The molecule has 3 rings (SSSR count). The minimum Gasteiger partial charge on any atom is -0.359 e. The summed E-state index contributed by atoms with van der Waals surface area (Å²) >= 11 is 1.77. The lowest BCUT2D eigenvalue weighted by Crippen LogP contribution is -2.46. The molecule has 0 aromatic heterocycles. The fourth-order valence-electron chi connectivity index (χ4n) is 3.59. The quantitative estimate of drug-likeness (QED) is 0.518. The molecule has 0 spiro atoms. The van der Waals surface area contributed by atoms with Crippen molar-refractivity contribution in [1.29, 1.82) is 0 Å². The number of nitrogens with one attached hydrogen (secondary N) is 2. The number of benzene rings is 2. The molecule has 1 fully saturated rings. The fraction of sp³-hybridized carbons (Fsp3) is 0.417. The van der Waals surface area contributed by atoms with Crippen molar-refractivity contribution in [3.05, 3.63) is 60.2 Å². The van der Waals surface area contributed by atoms with E-state index in [0.29, 0.717) is 18.9 Å². The number of guanidine groups is 1. The number of likely N-dealkylation sites (tertiary alicyclic amines) is 1. The molecular formula is C24H32N4OS. The predicted molar refractivity (Wildman–Crippen MR) is 125 cm³/mol. The van der Waals surface area contributed by atoms with Gasteiger partial charge in [-0.15, -0.1) is 0 Å². The van der Waals surface area contributed by atoms with Crippen LogP contribution in [0.15, 0.2) is 69.4 Å². The highest BCUT2D eigenvalue weighted by atomic mass is 32.2. The van der Waals surface area contributed by atoms with Crippen LogP contribution in [-0.2, 0) is 11.3 Å². The molecule has 30 heavy (non-hydrogen) atoms. The zero-order chi connectivity index (χ0) is 21.2. The molecule has 0 aliphatic carbocycles. The van der Waals surface area contributed by atoms with Crippen molar-refractivity contribution in [2.24, 2.45) is 10.9 Å². The van der Waals surface area contributed by atoms with E-state index in [1.165, 1.54) is 15.4 Å². The van der Waals surface area contributed by atoms with Gasteiger partial charge in [0.2, 0.25) is 5.91 Å². The van der Waals surface area contributed by atoms with Crippen molar-refractivity contribution in [3.8, 4) is 0 Å². The molecule has 1 heterocycles. The molecular weight excluding hydrogens is 392 g/mol. The van der Waals surface area contributed by atoms with Crippen LogP contribution in [0.25, 0.3) is 0 Å². The first-order valence-corrected chi connectivity index (χ1v) is 11.5. The van der Waals surface area contributed by atoms with Gasteiger partial charge in [-0.25, -0.2) is 4.99 Å². The highest BCUT2D eigenvalue weighted by Gasteiger charge is 2.23. The Kier molecular flexibility index (Phi) is 8.63. The van der Waals surface area contributed by atoms with E-state index in [2.05, 4.69) is 71.0 Å². The maximum Gasteiger partial charge on any atom is 0.220 e. The molecule has 5 nitrogen and oxygen atoms in total. The predicted octanol–water partition coefficient (Wildman–Crippen LogP) is 4.15. The van der Waals surface area contributed by atoms with E-state index in [1.807, 2.05) is 6.07 Å². The Balaban J connectivity index is 1.55. The van der Waals surface area contributed by atoms with Gasteiger partial charge >= 0.3 is 0 Å². The second-order valence-corrected chi connectivity index (χ2v) is 8.68. The van der Waals surface area contributed by atoms with Crippen LogP contribution in [0.2, 0.25) is 0 Å². The highest BCUT2D eigenvalue weighted by Crippen LogP contribution is 2.27. The highest BCUT2D eigenvalue weighted by molar-refractivity contribution is 7.99. The molecule has 0 bridgehead atoms. The summed E-state index contributed by atoms with van der Waals surface area (Å²) in [6.45, 7) is 5.50. The summed E-state index contributed by atoms with van der Waals surface area (Å²) in [5.74, 6) is 1.58. The first kappa shape index (κ1) is 22.2. The third-order valence-corrected chi connectivity index (χ3v) is 6.33. The van der Waals surface area contributed by atoms with E-state index < -0.39 is 0 Å². The number of hydrogen-bond donors (Lipinski definition) is 2. The lowest BCUT2D eigenvalue weighted by molar-refractivity contribution is -0.121. The fourth-order valence-corrected chi connectivity index (χ4v) is 4.43. The van der Waals surface area contributed by atoms with Crippen LogP contribution in [0.4, 0.5) is 0 Å². The second kappa shape index (κ2) is 11.6. The molecule has 1 saturated heterocycles. The standard InChI is InChI=1S/C24H32N4OS/c1-3-26-24(28-15-13-19(14-16-28)17-23(29)25-2)27-18-20-9-11-22(12-10-20)30-21-7-5-4-6-8-21/h4-12,19H,3,13-18H2,1-2H3,(H,25,29)(H,26,27). The maximum absolute atomic E-state index is 11.6. The van der Waals surface area contributed by atoms with Crippen molar-refractivity contribution in [2.45, 2.75) is 42.5 Å². The van der Waals surface area contributed by atoms with Gasteiger partial charge < -0.3 is 15.5 Å². The Hall–Kier alpha value is -2.47. The zero-order valence-electron chi connectivity index (χ0n) is 17.9. The number of aliphatic imine (C=N–C) groups is 1. The molecule has 1 amide bonds. The Morgan fingerprint density at radius 1 is 1.07 bits per heavy atom. The Morgan fingerprint density at radius 2 is 1.73 bits per heavy atom. The number of amides is 1. The number of hydrogen-bond acceptors (Lipinski definition) is 3. The van der Waals surface area contributed by atoms with Crippen LogP contribution < -0.4 is 10.6 Å². The number of piperidine rings is 1. The third kappa shape index (κ3) is 6.80. The maximum atomic E-state index is 11.6. The van der Waals surface area contributed by atoms with Crippen molar-refractivity contribution < 1.29 is 4.79 Å². The van der Waals surface area contributed by atoms with Crippen molar-refractivity contribution in [3.63, 3.8) is 0 Å². The van der Waals surface area contributed by atoms with E-state index in [4.69, 9.17) is 4.99 Å². The van der Waals surface area contributed by atoms with Gasteiger partial charge in [-0.05, 0) is 55.5 Å². The van der Waals surface area contributed by atoms with Crippen LogP contribution in [0.1, 0.15) is 31.7 Å². The number of nitrogens with zero attached hydrogens (tertiary/aromatic N) is 2. The average molecular weight is 425 g/mol. The average Bonchev–Trinajstić information content (AvgIpc) is 2.79. The molecule has 0 atom stereocenters. The summed E-state index contributed by atoms with van der Waals surface area (Å²) in [5.41, 5.74) is 1.21. The first-order valence-electron chi connectivity index (χ1n) is 10.7. The van der Waals surface area contributed by atoms with Gasteiger partial charge in [0.05, 0.1) is 6.54 Å². The molecule has 2 aromatic carbocycles. The Morgan fingerprint density at radius 3 is 2.37 bits per heavy atom. The normalized spacial score (nSPS) is 15.1. The van der Waals surface area contributed by atoms with Crippen LogP contribution in [0.3, 0.4) is 0 Å². The SMILES string of the molecule is CCNC(=NCc1ccc(Sc2ccccc2)cc1)N1CCC(CC(=O)NC)CC1. The molecule has 1 aliphatic rings. The number of rotatable bonds is 7. The van der Waals surface area contributed by atoms with Crippen molar-refractivity contribution in [1.82, 2.24) is 15.5 Å². The van der Waals surface area contributed by atoms with E-state index in [0.717, 1.165) is 38.4 Å². The minimum atomic E-state index is 0.142. The topological polar surface area (TPSA) is 56.7 Å². The van der Waals surface area contributed by atoms with Gasteiger partial charge in [0, 0.05) is 42.9 Å². The van der Waals surface area contributed by atoms with E-state index >= 15 is 0 Å². The summed E-state index contributed by atoms with van der Waals surface area (Å²) in [4.78, 5) is 21.3. The smallest absolute Gasteiger partial charge is 0.220 e. The van der Waals surface area contributed by atoms with Crippen LogP contribution in [0.5, 0.6) is 0 Å². The lowest BCUT2D eigenvalue weighted by atomic mass is 9.93. The molecule has 0 saturated carbocycles. The molecule has 1 aliphatic heterocycles. The lowest BCUT2D eigenvalue weighted by Gasteiger charge is -2.34. The monoisotopic (exact) mass is 424 g/mol. The van der Waals surface area contributed by atoms with Crippen molar-refractivity contribution in [2.75, 3.05) is 26.7 Å². The third-order valence-electron chi connectivity index (χ3n) is 5.32. The molecule has 2 aromatic rings. The summed E-state index contributed by atoms with van der Waals surface area (Å²) in [5, 5.41) is 6.16. The van der Waals surface area contributed by atoms with E-state index in [1.54, 1.807) is 18.8 Å². The molecule has 6 heteroatoms. The van der Waals surface area contributed by atoms with Gasteiger partial charge in [-0.2, -0.15) is 0 Å². The van der Waals surface area contributed by atoms with Gasteiger partial charge in [-0.1, -0.05) is 42.1 Å². The number of carbonyl (C=O) groups is 1. The van der Waals surface area contributed by atoms with Crippen LogP contribution >= 0.6 is 11.8 Å². The second-order valence-electron chi connectivity index (χ2n) is 7.54. The number of carbonyl (C=O) groups excluding carboxylic acids is 1. The largest absolute Gasteiger partial charge is 0.359 e. The van der Waals surface area contributed by atoms with E-state index in [-0.39, 0.29) is 5.91 Å². The Bertz CT molecular complexity index is 815. The molecule has 0 unspecified atom stereocenters. The van der Waals surface area contributed by atoms with Gasteiger partial charge in [-0.3, -0.25) is 4.79 Å². The molecule has 160 valence electrons. The van der Waals surface area contributed by atoms with Gasteiger partial charge in [0.15, 0.2) is 5.96 Å². The van der Waals surface area contributed by atoms with Crippen LogP contribution in [0, 0.1) is 5.92 Å². The molecule has 0 radical (unpaired) electrons. The minimum absolute atomic E-state index is 0.142.